The number of rotatable bonds is 3. The fraction of sp³-hybridized carbons (Fsp3) is 0.917. The van der Waals surface area contributed by atoms with Crippen LogP contribution in [0.3, 0.4) is 0 Å². The third kappa shape index (κ3) is 2.74. The van der Waals surface area contributed by atoms with E-state index in [1.807, 2.05) is 6.92 Å². The van der Waals surface area contributed by atoms with E-state index >= 15 is 0 Å². The molecule has 3 atom stereocenters. The Hall–Kier alpha value is -0.610. The van der Waals surface area contributed by atoms with E-state index in [9.17, 15) is 4.79 Å². The second-order valence-corrected chi connectivity index (χ2v) is 5.22. The summed E-state index contributed by atoms with van der Waals surface area (Å²) in [5, 5.41) is 9.06. The molecule has 0 spiro atoms. The first-order valence-corrected chi connectivity index (χ1v) is 6.19. The molecule has 0 bridgehead atoms. The van der Waals surface area contributed by atoms with Gasteiger partial charge in [-0.15, -0.1) is 0 Å². The first kappa shape index (κ1) is 11.9. The summed E-state index contributed by atoms with van der Waals surface area (Å²) < 4.78 is 5.45. The van der Waals surface area contributed by atoms with E-state index in [1.165, 1.54) is 6.42 Å². The van der Waals surface area contributed by atoms with E-state index in [4.69, 9.17) is 9.84 Å². The SMILES string of the molecule is C[C@@H]1CN(CC2CCCOC2)C[C@H]1C(=O)O. The normalized spacial score (nSPS) is 36.4. The number of carboxylic acid groups (broad SMARTS) is 1. The number of aliphatic carboxylic acids is 1. The summed E-state index contributed by atoms with van der Waals surface area (Å²) in [5.41, 5.74) is 0. The molecule has 16 heavy (non-hydrogen) atoms. The van der Waals surface area contributed by atoms with Gasteiger partial charge in [-0.2, -0.15) is 0 Å². The topological polar surface area (TPSA) is 49.8 Å². The van der Waals surface area contributed by atoms with Gasteiger partial charge in [-0.3, -0.25) is 4.79 Å². The minimum Gasteiger partial charge on any atom is -0.481 e. The van der Waals surface area contributed by atoms with Gasteiger partial charge >= 0.3 is 5.97 Å². The highest BCUT2D eigenvalue weighted by molar-refractivity contribution is 5.71. The molecule has 0 saturated carbocycles. The Morgan fingerprint density at radius 1 is 1.50 bits per heavy atom. The van der Waals surface area contributed by atoms with E-state index in [-0.39, 0.29) is 11.8 Å². The largest absolute Gasteiger partial charge is 0.481 e. The van der Waals surface area contributed by atoms with Crippen LogP contribution in [0.25, 0.3) is 0 Å². The van der Waals surface area contributed by atoms with Crippen LogP contribution in [0.5, 0.6) is 0 Å². The van der Waals surface area contributed by atoms with Crippen LogP contribution in [-0.4, -0.2) is 48.8 Å². The lowest BCUT2D eigenvalue weighted by Crippen LogP contribution is -2.32. The van der Waals surface area contributed by atoms with Crippen LogP contribution in [0, 0.1) is 17.8 Å². The Morgan fingerprint density at radius 3 is 2.88 bits per heavy atom. The fourth-order valence-electron chi connectivity index (χ4n) is 2.85. The number of nitrogens with zero attached hydrogens (tertiary/aromatic N) is 1. The van der Waals surface area contributed by atoms with Crippen LogP contribution in [0.1, 0.15) is 19.8 Å². The van der Waals surface area contributed by atoms with Gasteiger partial charge in [0.1, 0.15) is 0 Å². The average molecular weight is 227 g/mol. The molecule has 1 unspecified atom stereocenters. The minimum atomic E-state index is -0.644. The molecule has 92 valence electrons. The van der Waals surface area contributed by atoms with Gasteiger partial charge < -0.3 is 14.7 Å². The lowest BCUT2D eigenvalue weighted by molar-refractivity contribution is -0.142. The molecule has 4 nitrogen and oxygen atoms in total. The lowest BCUT2D eigenvalue weighted by Gasteiger charge is -2.26. The molecule has 4 heteroatoms. The molecule has 2 fully saturated rings. The van der Waals surface area contributed by atoms with Crippen molar-refractivity contribution < 1.29 is 14.6 Å². The summed E-state index contributed by atoms with van der Waals surface area (Å²) in [6.07, 6.45) is 2.37. The molecule has 1 N–H and O–H groups in total. The molecule has 0 aromatic carbocycles. The van der Waals surface area contributed by atoms with Crippen LogP contribution in [0.2, 0.25) is 0 Å². The maximum atomic E-state index is 11.0. The molecule has 0 radical (unpaired) electrons. The number of hydrogen-bond donors (Lipinski definition) is 1. The molecule has 0 aromatic heterocycles. The van der Waals surface area contributed by atoms with Crippen molar-refractivity contribution in [2.45, 2.75) is 19.8 Å². The van der Waals surface area contributed by atoms with E-state index in [2.05, 4.69) is 4.90 Å². The fourth-order valence-corrected chi connectivity index (χ4v) is 2.85. The number of ether oxygens (including phenoxy) is 1. The van der Waals surface area contributed by atoms with Gasteiger partial charge in [-0.25, -0.2) is 0 Å². The molecule has 0 aliphatic carbocycles. The molecule has 0 aromatic rings. The quantitative estimate of drug-likeness (QED) is 0.783. The van der Waals surface area contributed by atoms with E-state index in [0.29, 0.717) is 12.5 Å². The van der Waals surface area contributed by atoms with Crippen molar-refractivity contribution in [3.05, 3.63) is 0 Å². The van der Waals surface area contributed by atoms with Crippen molar-refractivity contribution >= 4 is 5.97 Å². The van der Waals surface area contributed by atoms with Crippen LogP contribution >= 0.6 is 0 Å². The Kier molecular flexibility index (Phi) is 3.82. The van der Waals surface area contributed by atoms with Crippen LogP contribution in [0.15, 0.2) is 0 Å². The number of carbonyl (C=O) groups is 1. The molecular formula is C12H21NO3. The van der Waals surface area contributed by atoms with Crippen molar-refractivity contribution in [1.29, 1.82) is 0 Å². The zero-order valence-electron chi connectivity index (χ0n) is 9.89. The van der Waals surface area contributed by atoms with Crippen molar-refractivity contribution in [3.63, 3.8) is 0 Å². The summed E-state index contributed by atoms with van der Waals surface area (Å²) in [5.74, 6) is 0.0647. The molecule has 2 saturated heterocycles. The van der Waals surface area contributed by atoms with Gasteiger partial charge in [0.05, 0.1) is 12.5 Å². The van der Waals surface area contributed by atoms with Crippen molar-refractivity contribution in [2.24, 2.45) is 17.8 Å². The van der Waals surface area contributed by atoms with Crippen molar-refractivity contribution in [3.8, 4) is 0 Å². The molecule has 2 aliphatic rings. The summed E-state index contributed by atoms with van der Waals surface area (Å²) in [7, 11) is 0. The zero-order valence-corrected chi connectivity index (χ0v) is 9.89. The Balaban J connectivity index is 1.81. The van der Waals surface area contributed by atoms with Crippen LogP contribution in [-0.2, 0) is 9.53 Å². The summed E-state index contributed by atoms with van der Waals surface area (Å²) >= 11 is 0. The summed E-state index contributed by atoms with van der Waals surface area (Å²) in [4.78, 5) is 13.3. The smallest absolute Gasteiger partial charge is 0.308 e. The monoisotopic (exact) mass is 227 g/mol. The highest BCUT2D eigenvalue weighted by Gasteiger charge is 2.35. The van der Waals surface area contributed by atoms with Gasteiger partial charge in [-0.1, -0.05) is 6.92 Å². The molecular weight excluding hydrogens is 206 g/mol. The second kappa shape index (κ2) is 5.15. The predicted octanol–water partition coefficient (Wildman–Crippen LogP) is 1.07. The molecule has 2 heterocycles. The third-order valence-electron chi connectivity index (χ3n) is 3.78. The minimum absolute atomic E-state index is 0.176. The molecule has 2 rings (SSSR count). The Morgan fingerprint density at radius 2 is 2.31 bits per heavy atom. The third-order valence-corrected chi connectivity index (χ3v) is 3.78. The second-order valence-electron chi connectivity index (χ2n) is 5.22. The van der Waals surface area contributed by atoms with Gasteiger partial charge in [0.15, 0.2) is 0 Å². The first-order valence-electron chi connectivity index (χ1n) is 6.19. The van der Waals surface area contributed by atoms with Crippen molar-refractivity contribution in [1.82, 2.24) is 4.90 Å². The summed E-state index contributed by atoms with van der Waals surface area (Å²) in [6, 6.07) is 0. The first-order chi connectivity index (χ1) is 7.66. The highest BCUT2D eigenvalue weighted by atomic mass is 16.5. The van der Waals surface area contributed by atoms with Crippen LogP contribution < -0.4 is 0 Å². The van der Waals surface area contributed by atoms with Gasteiger partial charge in [0, 0.05) is 26.2 Å². The maximum Gasteiger partial charge on any atom is 0.308 e. The van der Waals surface area contributed by atoms with E-state index in [0.717, 1.165) is 32.7 Å². The predicted molar refractivity (Wildman–Crippen MR) is 60.3 cm³/mol. The number of hydrogen-bond acceptors (Lipinski definition) is 3. The Bertz CT molecular complexity index is 251. The highest BCUT2D eigenvalue weighted by Crippen LogP contribution is 2.25. The zero-order chi connectivity index (χ0) is 11.5. The van der Waals surface area contributed by atoms with Gasteiger partial charge in [-0.05, 0) is 24.7 Å². The average Bonchev–Trinajstić information content (AvgIpc) is 2.61. The summed E-state index contributed by atoms with van der Waals surface area (Å²) in [6.45, 7) is 6.43. The molecule has 0 amide bonds. The molecule has 2 aliphatic heterocycles. The van der Waals surface area contributed by atoms with Crippen molar-refractivity contribution in [2.75, 3.05) is 32.8 Å². The Labute approximate surface area is 96.6 Å². The van der Waals surface area contributed by atoms with Gasteiger partial charge in [0.2, 0.25) is 0 Å². The number of carboxylic acids is 1. The maximum absolute atomic E-state index is 11.0. The van der Waals surface area contributed by atoms with E-state index < -0.39 is 5.97 Å². The lowest BCUT2D eigenvalue weighted by atomic mass is 9.99. The van der Waals surface area contributed by atoms with Gasteiger partial charge in [0.25, 0.3) is 0 Å². The standard InChI is InChI=1S/C12H21NO3/c1-9-5-13(7-11(9)12(14)15)6-10-3-2-4-16-8-10/h9-11H,2-8H2,1H3,(H,14,15)/t9-,10?,11-/m1/s1. The van der Waals surface area contributed by atoms with E-state index in [1.54, 1.807) is 0 Å². The number of likely N-dealkylation sites (tertiary alicyclic amines) is 1. The van der Waals surface area contributed by atoms with Crippen LogP contribution in [0.4, 0.5) is 0 Å².